The van der Waals surface area contributed by atoms with Gasteiger partial charge in [0.1, 0.15) is 0 Å². The van der Waals surface area contributed by atoms with E-state index in [-0.39, 0.29) is 5.78 Å². The minimum absolute atomic E-state index is 0.191. The molecule has 0 aromatic heterocycles. The van der Waals surface area contributed by atoms with E-state index < -0.39 is 6.10 Å². The second-order valence-electron chi connectivity index (χ2n) is 3.69. The Morgan fingerprint density at radius 2 is 2.25 bits per heavy atom. The minimum atomic E-state index is -0.582. The largest absolute Gasteiger partial charge is 0.384 e. The molecule has 4 nitrogen and oxygen atoms in total. The number of carbonyl (C=O) groups is 2. The molecule has 82 valence electrons. The first kappa shape index (κ1) is 10.5. The highest BCUT2D eigenvalue weighted by atomic mass is 16.6. The van der Waals surface area contributed by atoms with Crippen molar-refractivity contribution >= 4 is 17.8 Å². The Morgan fingerprint density at radius 1 is 1.50 bits per heavy atom. The molecule has 0 N–H and O–H groups in total. The van der Waals surface area contributed by atoms with Crippen molar-refractivity contribution in [3.05, 3.63) is 35.4 Å². The van der Waals surface area contributed by atoms with Crippen LogP contribution in [0.15, 0.2) is 29.4 Å². The first-order chi connectivity index (χ1) is 7.72. The van der Waals surface area contributed by atoms with Gasteiger partial charge in [0.15, 0.2) is 12.4 Å². The number of nitrogens with zero attached hydrogens (tertiary/aromatic N) is 1. The maximum Gasteiger partial charge on any atom is 0.207 e. The number of aldehydes is 1. The Hall–Kier alpha value is -1.97. The van der Waals surface area contributed by atoms with Crippen LogP contribution in [-0.2, 0) is 4.84 Å². The number of oxime groups is 1. The second kappa shape index (κ2) is 4.26. The van der Waals surface area contributed by atoms with Crippen molar-refractivity contribution in [1.29, 1.82) is 0 Å². The predicted octanol–water partition coefficient (Wildman–Crippen LogP) is 1.85. The summed E-state index contributed by atoms with van der Waals surface area (Å²) in [5.74, 6) is -0.191. The van der Waals surface area contributed by atoms with Gasteiger partial charge in [0.2, 0.25) is 5.78 Å². The molecule has 4 heteroatoms. The molecule has 0 radical (unpaired) electrons. The van der Waals surface area contributed by atoms with Crippen LogP contribution in [0.2, 0.25) is 0 Å². The highest BCUT2D eigenvalue weighted by Gasteiger charge is 2.28. The summed E-state index contributed by atoms with van der Waals surface area (Å²) in [6.07, 6.45) is 0.586. The number of hydrogen-bond acceptors (Lipinski definition) is 4. The van der Waals surface area contributed by atoms with Gasteiger partial charge in [-0.05, 0) is 6.92 Å². The van der Waals surface area contributed by atoms with E-state index in [2.05, 4.69) is 5.16 Å². The number of benzene rings is 1. The summed E-state index contributed by atoms with van der Waals surface area (Å²) in [6, 6.07) is 6.69. The smallest absolute Gasteiger partial charge is 0.207 e. The van der Waals surface area contributed by atoms with Crippen LogP contribution in [-0.4, -0.2) is 23.9 Å². The Morgan fingerprint density at radius 3 is 2.88 bits per heavy atom. The van der Waals surface area contributed by atoms with Crippen LogP contribution in [0.25, 0.3) is 0 Å². The molecule has 0 unspecified atom stereocenters. The zero-order valence-corrected chi connectivity index (χ0v) is 8.84. The molecule has 1 aromatic rings. The molecular formula is C12H11NO3. The van der Waals surface area contributed by atoms with Crippen LogP contribution in [0.4, 0.5) is 0 Å². The van der Waals surface area contributed by atoms with Crippen LogP contribution in [0.3, 0.4) is 0 Å². The van der Waals surface area contributed by atoms with Crippen molar-refractivity contribution < 1.29 is 14.4 Å². The summed E-state index contributed by atoms with van der Waals surface area (Å²) in [5, 5.41) is 3.73. The first-order valence-electron chi connectivity index (χ1n) is 5.00. The Bertz CT molecular complexity index is 465. The van der Waals surface area contributed by atoms with Gasteiger partial charge in [-0.2, -0.15) is 0 Å². The lowest BCUT2D eigenvalue weighted by Gasteiger charge is -2.08. The number of carbonyl (C=O) groups excluding carboxylic acids is 2. The van der Waals surface area contributed by atoms with Crippen molar-refractivity contribution in [2.45, 2.75) is 19.4 Å². The summed E-state index contributed by atoms with van der Waals surface area (Å²) in [4.78, 5) is 27.8. The van der Waals surface area contributed by atoms with Gasteiger partial charge in [-0.3, -0.25) is 9.59 Å². The zero-order chi connectivity index (χ0) is 11.5. The van der Waals surface area contributed by atoms with E-state index in [0.29, 0.717) is 23.8 Å². The number of Topliss-reactive ketones (excluding diaryl/α,β-unsaturated/α-hetero) is 1. The molecule has 0 bridgehead atoms. The van der Waals surface area contributed by atoms with Gasteiger partial charge in [0.25, 0.3) is 0 Å². The van der Waals surface area contributed by atoms with E-state index >= 15 is 0 Å². The summed E-state index contributed by atoms with van der Waals surface area (Å²) in [6.45, 7) is 1.80. The third-order valence-corrected chi connectivity index (χ3v) is 2.46. The van der Waals surface area contributed by atoms with Crippen LogP contribution in [0, 0.1) is 0 Å². The van der Waals surface area contributed by atoms with Gasteiger partial charge in [-0.1, -0.05) is 29.4 Å². The average Bonchev–Trinajstić information content (AvgIpc) is 2.75. The fraction of sp³-hybridized carbons (Fsp3) is 0.250. The van der Waals surface area contributed by atoms with Crippen molar-refractivity contribution in [1.82, 2.24) is 0 Å². The standard InChI is InChI=1S/C12H11NO3/c1-8-6-11(16-13-8)12(15)10-5-3-2-4-9(10)7-14/h2-5,7,11H,6H2,1H3/t11-/m0/s1. The summed E-state index contributed by atoms with van der Waals surface area (Å²) in [7, 11) is 0. The van der Waals surface area contributed by atoms with Crippen molar-refractivity contribution in [2.75, 3.05) is 0 Å². The fourth-order valence-electron chi connectivity index (χ4n) is 1.63. The number of hydrogen-bond donors (Lipinski definition) is 0. The molecule has 1 heterocycles. The Kier molecular flexibility index (Phi) is 2.81. The van der Waals surface area contributed by atoms with Gasteiger partial charge < -0.3 is 4.84 Å². The van der Waals surface area contributed by atoms with E-state index in [0.717, 1.165) is 5.71 Å². The molecule has 0 amide bonds. The molecular weight excluding hydrogens is 206 g/mol. The minimum Gasteiger partial charge on any atom is -0.384 e. The fourth-order valence-corrected chi connectivity index (χ4v) is 1.63. The number of rotatable bonds is 3. The first-order valence-corrected chi connectivity index (χ1v) is 5.00. The van der Waals surface area contributed by atoms with Crippen LogP contribution < -0.4 is 0 Å². The van der Waals surface area contributed by atoms with Gasteiger partial charge in [-0.15, -0.1) is 0 Å². The van der Waals surface area contributed by atoms with Crippen molar-refractivity contribution in [3.8, 4) is 0 Å². The van der Waals surface area contributed by atoms with Gasteiger partial charge in [0, 0.05) is 17.5 Å². The third-order valence-electron chi connectivity index (χ3n) is 2.46. The maximum atomic E-state index is 12.0. The van der Waals surface area contributed by atoms with Crippen LogP contribution in [0.5, 0.6) is 0 Å². The third kappa shape index (κ3) is 1.86. The quantitative estimate of drug-likeness (QED) is 0.573. The SMILES string of the molecule is CC1=NO[C@H](C(=O)c2ccccc2C=O)C1. The lowest BCUT2D eigenvalue weighted by molar-refractivity contribution is 0.0555. The van der Waals surface area contributed by atoms with E-state index in [1.54, 1.807) is 31.2 Å². The second-order valence-corrected chi connectivity index (χ2v) is 3.69. The molecule has 0 fully saturated rings. The number of ketones is 1. The topological polar surface area (TPSA) is 55.7 Å². The molecule has 1 aliphatic heterocycles. The monoisotopic (exact) mass is 217 g/mol. The molecule has 2 rings (SSSR count). The molecule has 1 atom stereocenters. The van der Waals surface area contributed by atoms with Crippen molar-refractivity contribution in [2.24, 2.45) is 5.16 Å². The summed E-state index contributed by atoms with van der Waals surface area (Å²) in [5.41, 5.74) is 1.58. The summed E-state index contributed by atoms with van der Waals surface area (Å²) < 4.78 is 0. The van der Waals surface area contributed by atoms with Crippen LogP contribution in [0.1, 0.15) is 34.1 Å². The highest BCUT2D eigenvalue weighted by molar-refractivity contribution is 6.07. The van der Waals surface area contributed by atoms with Crippen molar-refractivity contribution in [3.63, 3.8) is 0 Å². The Labute approximate surface area is 92.9 Å². The molecule has 1 aliphatic rings. The lowest BCUT2D eigenvalue weighted by atomic mass is 9.99. The van der Waals surface area contributed by atoms with Crippen LogP contribution >= 0.6 is 0 Å². The molecule has 0 saturated heterocycles. The molecule has 1 aromatic carbocycles. The predicted molar refractivity (Wildman–Crippen MR) is 58.8 cm³/mol. The highest BCUT2D eigenvalue weighted by Crippen LogP contribution is 2.17. The van der Waals surface area contributed by atoms with E-state index in [9.17, 15) is 9.59 Å². The molecule has 0 spiro atoms. The Balaban J connectivity index is 2.24. The lowest BCUT2D eigenvalue weighted by Crippen LogP contribution is -2.21. The molecule has 0 saturated carbocycles. The normalized spacial score (nSPS) is 18.8. The molecule has 16 heavy (non-hydrogen) atoms. The molecule has 0 aliphatic carbocycles. The van der Waals surface area contributed by atoms with E-state index in [1.807, 2.05) is 0 Å². The van der Waals surface area contributed by atoms with Gasteiger partial charge >= 0.3 is 0 Å². The van der Waals surface area contributed by atoms with E-state index in [4.69, 9.17) is 4.84 Å². The zero-order valence-electron chi connectivity index (χ0n) is 8.84. The maximum absolute atomic E-state index is 12.0. The summed E-state index contributed by atoms with van der Waals surface area (Å²) >= 11 is 0. The van der Waals surface area contributed by atoms with Gasteiger partial charge in [0.05, 0.1) is 5.71 Å². The van der Waals surface area contributed by atoms with E-state index in [1.165, 1.54) is 0 Å². The average molecular weight is 217 g/mol. The van der Waals surface area contributed by atoms with Gasteiger partial charge in [-0.25, -0.2) is 0 Å².